The minimum Gasteiger partial charge on any atom is -0.507 e. The molecule has 4 nitrogen and oxygen atoms in total. The summed E-state index contributed by atoms with van der Waals surface area (Å²) in [7, 11) is 0. The van der Waals surface area contributed by atoms with E-state index in [1.807, 2.05) is 12.4 Å². The van der Waals surface area contributed by atoms with E-state index in [-0.39, 0.29) is 23.9 Å². The molecule has 2 atom stereocenters. The number of aryl methyl sites for hydroxylation is 2. The van der Waals surface area contributed by atoms with Gasteiger partial charge in [0.05, 0.1) is 12.1 Å². The average molecular weight is 463 g/mol. The van der Waals surface area contributed by atoms with E-state index >= 15 is 0 Å². The first-order chi connectivity index (χ1) is 16.2. The van der Waals surface area contributed by atoms with Crippen molar-refractivity contribution >= 4 is 12.4 Å². The second-order valence-corrected chi connectivity index (χ2v) is 10.3. The van der Waals surface area contributed by atoms with Gasteiger partial charge in [-0.25, -0.2) is 0 Å². The molecule has 2 unspecified atom stereocenters. The predicted octanol–water partition coefficient (Wildman–Crippen LogP) is 7.32. The van der Waals surface area contributed by atoms with Gasteiger partial charge in [0.25, 0.3) is 0 Å². The smallest absolute Gasteiger partial charge is 0.127 e. The van der Waals surface area contributed by atoms with Gasteiger partial charge in [-0.15, -0.1) is 0 Å². The van der Waals surface area contributed by atoms with Gasteiger partial charge in [-0.05, 0) is 84.7 Å². The van der Waals surface area contributed by atoms with E-state index in [0.717, 1.165) is 60.8 Å². The summed E-state index contributed by atoms with van der Waals surface area (Å²) in [5.41, 5.74) is 6.06. The molecule has 0 amide bonds. The van der Waals surface area contributed by atoms with Gasteiger partial charge in [0.1, 0.15) is 11.5 Å². The van der Waals surface area contributed by atoms with Gasteiger partial charge >= 0.3 is 0 Å². The lowest BCUT2D eigenvalue weighted by Gasteiger charge is -2.24. The van der Waals surface area contributed by atoms with Crippen molar-refractivity contribution in [2.75, 3.05) is 0 Å². The van der Waals surface area contributed by atoms with Crippen LogP contribution in [0.15, 0.2) is 34.3 Å². The molecule has 0 saturated heterocycles. The summed E-state index contributed by atoms with van der Waals surface area (Å²) in [4.78, 5) is 9.74. The lowest BCUT2D eigenvalue weighted by Crippen LogP contribution is -2.21. The maximum atomic E-state index is 10.8. The zero-order valence-electron chi connectivity index (χ0n) is 21.8. The minimum atomic E-state index is 0.199. The molecule has 0 heterocycles. The Morgan fingerprint density at radius 1 is 0.765 bits per heavy atom. The zero-order valence-corrected chi connectivity index (χ0v) is 21.8. The highest BCUT2D eigenvalue weighted by molar-refractivity contribution is 5.85. The topological polar surface area (TPSA) is 65.2 Å². The molecule has 2 N–H and O–H groups in total. The predicted molar refractivity (Wildman–Crippen MR) is 144 cm³/mol. The van der Waals surface area contributed by atoms with Crippen molar-refractivity contribution in [3.63, 3.8) is 0 Å². The summed E-state index contributed by atoms with van der Waals surface area (Å²) < 4.78 is 0. The van der Waals surface area contributed by atoms with Crippen LogP contribution in [0.3, 0.4) is 0 Å². The third kappa shape index (κ3) is 6.28. The molecule has 0 aromatic heterocycles. The highest BCUT2D eigenvalue weighted by atomic mass is 16.3. The van der Waals surface area contributed by atoms with E-state index in [0.29, 0.717) is 11.5 Å². The van der Waals surface area contributed by atoms with Crippen LogP contribution in [0.25, 0.3) is 0 Å². The Labute approximate surface area is 205 Å². The van der Waals surface area contributed by atoms with Gasteiger partial charge < -0.3 is 10.2 Å². The van der Waals surface area contributed by atoms with Gasteiger partial charge in [-0.1, -0.05) is 53.7 Å². The van der Waals surface area contributed by atoms with E-state index in [9.17, 15) is 10.2 Å². The molecule has 1 saturated carbocycles. The van der Waals surface area contributed by atoms with Crippen molar-refractivity contribution in [2.24, 2.45) is 9.98 Å². The molecule has 0 aliphatic heterocycles. The first-order valence-electron chi connectivity index (χ1n) is 13.0. The van der Waals surface area contributed by atoms with Crippen molar-refractivity contribution in [2.45, 2.75) is 104 Å². The number of rotatable bonds is 8. The molecule has 1 fully saturated rings. The SMILES string of the molecule is CCc1cc(C=NC2CCCC(N=Cc3cc(CC)cc(C(C)C)c3O)C2)c(O)c(C(C)C)c1. The molecule has 184 valence electrons. The monoisotopic (exact) mass is 462 g/mol. The molecular weight excluding hydrogens is 420 g/mol. The molecule has 0 radical (unpaired) electrons. The van der Waals surface area contributed by atoms with Crippen molar-refractivity contribution < 1.29 is 10.2 Å². The van der Waals surface area contributed by atoms with Gasteiger partial charge in [-0.2, -0.15) is 0 Å². The van der Waals surface area contributed by atoms with Crippen LogP contribution in [0.1, 0.15) is 112 Å². The summed E-state index contributed by atoms with van der Waals surface area (Å²) in [6.07, 6.45) is 9.66. The van der Waals surface area contributed by atoms with Gasteiger partial charge in [0.2, 0.25) is 0 Å². The molecule has 34 heavy (non-hydrogen) atoms. The number of hydrogen-bond donors (Lipinski definition) is 2. The van der Waals surface area contributed by atoms with Crippen LogP contribution in [0.5, 0.6) is 11.5 Å². The molecule has 2 aromatic rings. The lowest BCUT2D eigenvalue weighted by molar-refractivity contribution is 0.397. The summed E-state index contributed by atoms with van der Waals surface area (Å²) in [5.74, 6) is 1.25. The summed E-state index contributed by atoms with van der Waals surface area (Å²) >= 11 is 0. The van der Waals surface area contributed by atoms with Crippen molar-refractivity contribution in [3.05, 3.63) is 57.6 Å². The van der Waals surface area contributed by atoms with E-state index < -0.39 is 0 Å². The molecule has 1 aliphatic carbocycles. The number of phenolic OH excluding ortho intramolecular Hbond substituents is 2. The van der Waals surface area contributed by atoms with Crippen LogP contribution in [0.2, 0.25) is 0 Å². The summed E-state index contributed by atoms with van der Waals surface area (Å²) in [5, 5.41) is 21.5. The molecule has 4 heteroatoms. The average Bonchev–Trinajstić information content (AvgIpc) is 2.82. The maximum absolute atomic E-state index is 10.8. The lowest BCUT2D eigenvalue weighted by atomic mass is 9.91. The van der Waals surface area contributed by atoms with E-state index in [1.165, 1.54) is 11.1 Å². The summed E-state index contributed by atoms with van der Waals surface area (Å²) in [6.45, 7) is 12.7. The third-order valence-corrected chi connectivity index (χ3v) is 6.99. The minimum absolute atomic E-state index is 0.199. The van der Waals surface area contributed by atoms with Crippen molar-refractivity contribution in [1.29, 1.82) is 0 Å². The number of aromatic hydroxyl groups is 2. The molecule has 2 aromatic carbocycles. The van der Waals surface area contributed by atoms with Crippen molar-refractivity contribution in [3.8, 4) is 11.5 Å². The van der Waals surface area contributed by atoms with Crippen LogP contribution in [-0.2, 0) is 12.8 Å². The Kier molecular flexibility index (Phi) is 8.93. The third-order valence-electron chi connectivity index (χ3n) is 6.99. The molecule has 1 aliphatic rings. The largest absolute Gasteiger partial charge is 0.507 e. The Bertz CT molecular complexity index is 955. The normalized spacial score (nSPS) is 19.2. The van der Waals surface area contributed by atoms with Crippen molar-refractivity contribution in [1.82, 2.24) is 0 Å². The second-order valence-electron chi connectivity index (χ2n) is 10.3. The Morgan fingerprint density at radius 2 is 1.18 bits per heavy atom. The molecule has 0 spiro atoms. The van der Waals surface area contributed by atoms with E-state index in [2.05, 4.69) is 65.8 Å². The molecular formula is C30H42N2O2. The molecule has 0 bridgehead atoms. The number of phenols is 2. The number of benzene rings is 2. The first kappa shape index (κ1) is 26.0. The fourth-order valence-electron chi connectivity index (χ4n) is 4.76. The first-order valence-corrected chi connectivity index (χ1v) is 13.0. The number of aliphatic imine (C=N–C) groups is 2. The zero-order chi connectivity index (χ0) is 24.8. The van der Waals surface area contributed by atoms with E-state index in [4.69, 9.17) is 9.98 Å². The Balaban J connectivity index is 1.76. The fraction of sp³-hybridized carbons (Fsp3) is 0.533. The number of hydrogen-bond acceptors (Lipinski definition) is 4. The standard InChI is InChI=1S/C30H42N2O2/c1-7-21-12-23(29(33)27(14-21)19(3)4)17-31-25-10-9-11-26(16-25)32-18-24-13-22(8-2)15-28(20(5)6)30(24)34/h12-15,17-20,25-26,33-34H,7-11,16H2,1-6H3. The molecule has 3 rings (SSSR count). The van der Waals surface area contributed by atoms with Gasteiger partial charge in [0.15, 0.2) is 0 Å². The fourth-order valence-corrected chi connectivity index (χ4v) is 4.76. The maximum Gasteiger partial charge on any atom is 0.127 e. The Morgan fingerprint density at radius 3 is 1.53 bits per heavy atom. The van der Waals surface area contributed by atoms with E-state index in [1.54, 1.807) is 0 Å². The van der Waals surface area contributed by atoms with Crippen LogP contribution >= 0.6 is 0 Å². The van der Waals surface area contributed by atoms with Crippen LogP contribution in [-0.4, -0.2) is 34.7 Å². The quantitative estimate of drug-likeness (QED) is 0.404. The van der Waals surface area contributed by atoms with Gasteiger partial charge in [0, 0.05) is 23.6 Å². The van der Waals surface area contributed by atoms with Crippen LogP contribution < -0.4 is 0 Å². The Hall–Kier alpha value is -2.62. The number of nitrogens with zero attached hydrogens (tertiary/aromatic N) is 2. The van der Waals surface area contributed by atoms with Crippen LogP contribution in [0.4, 0.5) is 0 Å². The second kappa shape index (κ2) is 11.7. The summed E-state index contributed by atoms with van der Waals surface area (Å²) in [6, 6.07) is 8.72. The highest BCUT2D eigenvalue weighted by Gasteiger charge is 2.21. The van der Waals surface area contributed by atoms with Gasteiger partial charge in [-0.3, -0.25) is 9.98 Å². The highest BCUT2D eigenvalue weighted by Crippen LogP contribution is 2.32. The van der Waals surface area contributed by atoms with Crippen LogP contribution in [0, 0.1) is 0 Å².